The van der Waals surface area contributed by atoms with Crippen molar-refractivity contribution in [1.29, 1.82) is 0 Å². The molecule has 0 bridgehead atoms. The van der Waals surface area contributed by atoms with Gasteiger partial charge in [0, 0.05) is 5.39 Å². The molecule has 4 nitrogen and oxygen atoms in total. The minimum absolute atomic E-state index is 0.120. The lowest BCUT2D eigenvalue weighted by Gasteiger charge is -2.09. The van der Waals surface area contributed by atoms with Crippen molar-refractivity contribution in [3.05, 3.63) is 52.7 Å². The van der Waals surface area contributed by atoms with E-state index in [1.165, 1.54) is 12.3 Å². The van der Waals surface area contributed by atoms with Crippen molar-refractivity contribution < 1.29 is 14.3 Å². The summed E-state index contributed by atoms with van der Waals surface area (Å²) >= 11 is 6.13. The molecule has 0 aliphatic carbocycles. The number of carboxylic acid groups (broad SMARTS) is 1. The fourth-order valence-corrected chi connectivity index (χ4v) is 2.41. The molecule has 2 aromatic heterocycles. The van der Waals surface area contributed by atoms with E-state index in [1.54, 1.807) is 18.2 Å². The second-order valence-corrected chi connectivity index (χ2v) is 4.83. The third-order valence-corrected chi connectivity index (χ3v) is 3.43. The van der Waals surface area contributed by atoms with Gasteiger partial charge >= 0.3 is 5.97 Å². The summed E-state index contributed by atoms with van der Waals surface area (Å²) in [4.78, 5) is 16.0. The number of aromatic nitrogens is 1. The SMILES string of the molecule is Cc1ccc(Cl)c2c(C(=O)O)cc(-c3ccco3)nc12. The number of carbonyl (C=O) groups is 1. The average Bonchev–Trinajstić information content (AvgIpc) is 2.96. The molecule has 100 valence electrons. The summed E-state index contributed by atoms with van der Waals surface area (Å²) in [6.45, 7) is 1.86. The van der Waals surface area contributed by atoms with Gasteiger partial charge in [0.15, 0.2) is 5.76 Å². The number of fused-ring (bicyclic) bond motifs is 1. The predicted molar refractivity (Wildman–Crippen MR) is 76.2 cm³/mol. The van der Waals surface area contributed by atoms with Crippen LogP contribution in [0.15, 0.2) is 41.0 Å². The highest BCUT2D eigenvalue weighted by molar-refractivity contribution is 6.36. The Morgan fingerprint density at radius 3 is 2.80 bits per heavy atom. The van der Waals surface area contributed by atoms with E-state index in [-0.39, 0.29) is 5.56 Å². The molecule has 0 radical (unpaired) electrons. The molecule has 0 amide bonds. The number of aryl methyl sites for hydroxylation is 1. The van der Waals surface area contributed by atoms with Crippen LogP contribution in [0.3, 0.4) is 0 Å². The van der Waals surface area contributed by atoms with Crippen molar-refractivity contribution >= 4 is 28.5 Å². The number of pyridine rings is 1. The molecule has 3 rings (SSSR count). The fourth-order valence-electron chi connectivity index (χ4n) is 2.15. The molecule has 20 heavy (non-hydrogen) atoms. The van der Waals surface area contributed by atoms with Crippen LogP contribution in [0, 0.1) is 6.92 Å². The van der Waals surface area contributed by atoms with Gasteiger partial charge in [-0.15, -0.1) is 0 Å². The summed E-state index contributed by atoms with van der Waals surface area (Å²) in [5.41, 5.74) is 2.03. The molecule has 1 N–H and O–H groups in total. The van der Waals surface area contributed by atoms with Gasteiger partial charge < -0.3 is 9.52 Å². The summed E-state index contributed by atoms with van der Waals surface area (Å²) in [6.07, 6.45) is 1.52. The number of halogens is 1. The van der Waals surface area contributed by atoms with Crippen molar-refractivity contribution in [2.24, 2.45) is 0 Å². The molecule has 0 spiro atoms. The van der Waals surface area contributed by atoms with Crippen molar-refractivity contribution in [1.82, 2.24) is 4.98 Å². The number of furan rings is 1. The van der Waals surface area contributed by atoms with Gasteiger partial charge in [0.1, 0.15) is 5.69 Å². The normalized spacial score (nSPS) is 10.9. The summed E-state index contributed by atoms with van der Waals surface area (Å²) < 4.78 is 5.28. The number of aromatic carboxylic acids is 1. The average molecular weight is 288 g/mol. The summed E-state index contributed by atoms with van der Waals surface area (Å²) in [5, 5.41) is 10.2. The van der Waals surface area contributed by atoms with Gasteiger partial charge in [-0.3, -0.25) is 0 Å². The van der Waals surface area contributed by atoms with Gasteiger partial charge in [-0.2, -0.15) is 0 Å². The van der Waals surface area contributed by atoms with Crippen LogP contribution in [-0.4, -0.2) is 16.1 Å². The molecule has 0 saturated carbocycles. The van der Waals surface area contributed by atoms with Crippen molar-refractivity contribution in [2.45, 2.75) is 6.92 Å². The second-order valence-electron chi connectivity index (χ2n) is 4.43. The monoisotopic (exact) mass is 287 g/mol. The molecule has 0 fully saturated rings. The Morgan fingerprint density at radius 1 is 1.35 bits per heavy atom. The molecule has 5 heteroatoms. The first kappa shape index (κ1) is 12.7. The van der Waals surface area contributed by atoms with Gasteiger partial charge in [-0.1, -0.05) is 17.7 Å². The quantitative estimate of drug-likeness (QED) is 0.769. The molecule has 0 atom stereocenters. The first-order valence-electron chi connectivity index (χ1n) is 5.95. The molecular formula is C15H10ClNO3. The Kier molecular flexibility index (Phi) is 2.95. The summed E-state index contributed by atoms with van der Waals surface area (Å²) in [5.74, 6) is -0.522. The number of hydrogen-bond donors (Lipinski definition) is 1. The molecule has 0 aliphatic rings. The predicted octanol–water partition coefficient (Wildman–Crippen LogP) is 4.15. The summed E-state index contributed by atoms with van der Waals surface area (Å²) in [7, 11) is 0. The standard InChI is InChI=1S/C15H10ClNO3/c1-8-4-5-10(16)13-9(15(18)19)7-11(17-14(8)13)12-3-2-6-20-12/h2-7H,1H3,(H,18,19). The Hall–Kier alpha value is -2.33. The number of nitrogens with zero attached hydrogens (tertiary/aromatic N) is 1. The third kappa shape index (κ3) is 1.94. The van der Waals surface area contributed by atoms with Crippen molar-refractivity contribution in [3.8, 4) is 11.5 Å². The minimum atomic E-state index is -1.04. The van der Waals surface area contributed by atoms with Crippen LogP contribution in [-0.2, 0) is 0 Å². The number of carboxylic acids is 1. The first-order chi connectivity index (χ1) is 9.58. The zero-order valence-corrected chi connectivity index (χ0v) is 11.3. The van der Waals surface area contributed by atoms with Crippen molar-refractivity contribution in [3.63, 3.8) is 0 Å². The van der Waals surface area contributed by atoms with E-state index in [0.717, 1.165) is 5.56 Å². The summed E-state index contributed by atoms with van der Waals surface area (Å²) in [6, 6.07) is 8.44. The molecule has 0 saturated heterocycles. The lowest BCUT2D eigenvalue weighted by Crippen LogP contribution is -2.01. The van der Waals surface area contributed by atoms with E-state index < -0.39 is 5.97 Å². The van der Waals surface area contributed by atoms with E-state index in [1.807, 2.05) is 13.0 Å². The lowest BCUT2D eigenvalue weighted by atomic mass is 10.0. The Balaban J connectivity index is 2.43. The molecule has 2 heterocycles. The number of benzene rings is 1. The zero-order chi connectivity index (χ0) is 14.3. The van der Waals surface area contributed by atoms with Crippen LogP contribution in [0.4, 0.5) is 0 Å². The van der Waals surface area contributed by atoms with Crippen LogP contribution in [0.2, 0.25) is 5.02 Å². The van der Waals surface area contributed by atoms with Crippen LogP contribution in [0.1, 0.15) is 15.9 Å². The van der Waals surface area contributed by atoms with E-state index in [2.05, 4.69) is 4.98 Å². The third-order valence-electron chi connectivity index (χ3n) is 3.12. The molecule has 0 unspecified atom stereocenters. The maximum atomic E-state index is 11.5. The molecule has 0 aliphatic heterocycles. The Labute approximate surface area is 119 Å². The van der Waals surface area contributed by atoms with Crippen LogP contribution >= 0.6 is 11.6 Å². The van der Waals surface area contributed by atoms with Crippen LogP contribution < -0.4 is 0 Å². The van der Waals surface area contributed by atoms with Crippen LogP contribution in [0.5, 0.6) is 0 Å². The first-order valence-corrected chi connectivity index (χ1v) is 6.33. The maximum Gasteiger partial charge on any atom is 0.336 e. The Bertz CT molecular complexity index is 810. The zero-order valence-electron chi connectivity index (χ0n) is 10.6. The maximum absolute atomic E-state index is 11.5. The van der Waals surface area contributed by atoms with E-state index in [9.17, 15) is 9.90 Å². The Morgan fingerprint density at radius 2 is 2.15 bits per heavy atom. The second kappa shape index (κ2) is 4.65. The largest absolute Gasteiger partial charge is 0.478 e. The van der Waals surface area contributed by atoms with E-state index in [4.69, 9.17) is 16.0 Å². The molecule has 3 aromatic rings. The number of hydrogen-bond acceptors (Lipinski definition) is 3. The highest BCUT2D eigenvalue weighted by Gasteiger charge is 2.17. The smallest absolute Gasteiger partial charge is 0.336 e. The topological polar surface area (TPSA) is 63.3 Å². The fraction of sp³-hybridized carbons (Fsp3) is 0.0667. The van der Waals surface area contributed by atoms with Gasteiger partial charge in [-0.05, 0) is 36.8 Å². The number of rotatable bonds is 2. The van der Waals surface area contributed by atoms with E-state index >= 15 is 0 Å². The highest BCUT2D eigenvalue weighted by atomic mass is 35.5. The van der Waals surface area contributed by atoms with Crippen LogP contribution in [0.25, 0.3) is 22.4 Å². The molecular weight excluding hydrogens is 278 g/mol. The van der Waals surface area contributed by atoms with Gasteiger partial charge in [0.25, 0.3) is 0 Å². The van der Waals surface area contributed by atoms with Gasteiger partial charge in [0.2, 0.25) is 0 Å². The molecule has 1 aromatic carbocycles. The lowest BCUT2D eigenvalue weighted by molar-refractivity contribution is 0.0699. The minimum Gasteiger partial charge on any atom is -0.478 e. The highest BCUT2D eigenvalue weighted by Crippen LogP contribution is 2.31. The van der Waals surface area contributed by atoms with Crippen molar-refractivity contribution in [2.75, 3.05) is 0 Å². The van der Waals surface area contributed by atoms with E-state index in [0.29, 0.717) is 27.4 Å². The van der Waals surface area contributed by atoms with Gasteiger partial charge in [0.05, 0.1) is 22.4 Å². The van der Waals surface area contributed by atoms with Gasteiger partial charge in [-0.25, -0.2) is 9.78 Å².